The number of likely N-dealkylation sites (N-methyl/N-ethyl adjacent to an activating group) is 1. The predicted molar refractivity (Wildman–Crippen MR) is 74.7 cm³/mol. The summed E-state index contributed by atoms with van der Waals surface area (Å²) < 4.78 is 6.94. The lowest BCUT2D eigenvalue weighted by Gasteiger charge is -2.25. The first-order chi connectivity index (χ1) is 8.31. The minimum atomic E-state index is 0.215. The molecule has 92 valence electrons. The van der Waals surface area contributed by atoms with Crippen LogP contribution in [0.3, 0.4) is 0 Å². The van der Waals surface area contributed by atoms with E-state index in [0.29, 0.717) is 0 Å². The number of thiophene rings is 1. The van der Waals surface area contributed by atoms with E-state index in [1.54, 1.807) is 18.4 Å². The fraction of sp³-hybridized carbons (Fsp3) is 0.429. The van der Waals surface area contributed by atoms with Gasteiger partial charge in [-0.2, -0.15) is 0 Å². The van der Waals surface area contributed by atoms with Gasteiger partial charge >= 0.3 is 0 Å². The summed E-state index contributed by atoms with van der Waals surface area (Å²) in [5.41, 5.74) is 1.34. The molecule has 0 bridgehead atoms. The quantitative estimate of drug-likeness (QED) is 0.874. The number of hydrogen-bond acceptors (Lipinski definition) is 3. The summed E-state index contributed by atoms with van der Waals surface area (Å²) in [5.74, 6) is 0. The van der Waals surface area contributed by atoms with Crippen molar-refractivity contribution in [2.75, 3.05) is 14.2 Å². The second-order valence-corrected chi connectivity index (χ2v) is 5.05. The molecule has 0 saturated carbocycles. The third-order valence-electron chi connectivity index (χ3n) is 3.23. The Bertz CT molecular complexity index is 476. The van der Waals surface area contributed by atoms with Crippen molar-refractivity contribution < 1.29 is 4.74 Å². The number of nitrogens with one attached hydrogen (secondary N) is 1. The lowest BCUT2D eigenvalue weighted by molar-refractivity contribution is 0.0680. The highest BCUT2D eigenvalue weighted by atomic mass is 32.1. The van der Waals surface area contributed by atoms with Crippen LogP contribution < -0.4 is 5.32 Å². The van der Waals surface area contributed by atoms with Crippen LogP contribution in [0.25, 0.3) is 10.1 Å². The van der Waals surface area contributed by atoms with Crippen LogP contribution in [0.2, 0.25) is 0 Å². The Hall–Kier alpha value is -0.900. The summed E-state index contributed by atoms with van der Waals surface area (Å²) in [7, 11) is 3.78. The van der Waals surface area contributed by atoms with E-state index < -0.39 is 0 Å². The van der Waals surface area contributed by atoms with Crippen LogP contribution in [0, 0.1) is 0 Å². The van der Waals surface area contributed by atoms with Crippen molar-refractivity contribution in [2.45, 2.75) is 25.5 Å². The second kappa shape index (κ2) is 5.63. The summed E-state index contributed by atoms with van der Waals surface area (Å²) in [6.45, 7) is 2.16. The molecule has 2 rings (SSSR count). The van der Waals surface area contributed by atoms with E-state index in [-0.39, 0.29) is 12.1 Å². The minimum Gasteiger partial charge on any atom is -0.379 e. The SMILES string of the molecule is CCC(OC)C(NC)c1cccc2ccsc12. The van der Waals surface area contributed by atoms with Crippen LogP contribution in [-0.2, 0) is 4.74 Å². The van der Waals surface area contributed by atoms with Crippen molar-refractivity contribution >= 4 is 21.4 Å². The van der Waals surface area contributed by atoms with Gasteiger partial charge in [0.15, 0.2) is 0 Å². The molecule has 1 N–H and O–H groups in total. The molecule has 0 amide bonds. The smallest absolute Gasteiger partial charge is 0.0763 e. The number of benzene rings is 1. The highest BCUT2D eigenvalue weighted by molar-refractivity contribution is 7.17. The summed E-state index contributed by atoms with van der Waals surface area (Å²) in [4.78, 5) is 0. The van der Waals surface area contributed by atoms with Gasteiger partial charge in [0.2, 0.25) is 0 Å². The molecule has 0 aliphatic carbocycles. The summed E-state index contributed by atoms with van der Waals surface area (Å²) >= 11 is 1.80. The standard InChI is InChI=1S/C14H19NOS/c1-4-12(16-3)13(15-2)11-7-5-6-10-8-9-17-14(10)11/h5-9,12-13,15H,4H2,1-3H3. The van der Waals surface area contributed by atoms with Crippen LogP contribution in [-0.4, -0.2) is 20.3 Å². The van der Waals surface area contributed by atoms with Gasteiger partial charge in [-0.15, -0.1) is 11.3 Å². The van der Waals surface area contributed by atoms with E-state index in [0.717, 1.165) is 6.42 Å². The highest BCUT2D eigenvalue weighted by Gasteiger charge is 2.21. The first-order valence-corrected chi connectivity index (χ1v) is 6.86. The van der Waals surface area contributed by atoms with Crippen LogP contribution >= 0.6 is 11.3 Å². The fourth-order valence-electron chi connectivity index (χ4n) is 2.34. The van der Waals surface area contributed by atoms with Crippen molar-refractivity contribution in [1.29, 1.82) is 0 Å². The molecule has 1 aromatic carbocycles. The van der Waals surface area contributed by atoms with E-state index in [9.17, 15) is 0 Å². The fourth-order valence-corrected chi connectivity index (χ4v) is 3.30. The third-order valence-corrected chi connectivity index (χ3v) is 4.21. The van der Waals surface area contributed by atoms with Gasteiger partial charge in [0.05, 0.1) is 12.1 Å². The predicted octanol–water partition coefficient (Wildman–Crippen LogP) is 3.59. The van der Waals surface area contributed by atoms with Crippen molar-refractivity contribution in [3.63, 3.8) is 0 Å². The van der Waals surface area contributed by atoms with Crippen molar-refractivity contribution in [3.8, 4) is 0 Å². The number of hydrogen-bond donors (Lipinski definition) is 1. The number of rotatable bonds is 5. The maximum absolute atomic E-state index is 5.57. The van der Waals surface area contributed by atoms with E-state index in [2.05, 4.69) is 41.9 Å². The topological polar surface area (TPSA) is 21.3 Å². The average Bonchev–Trinajstić information content (AvgIpc) is 2.84. The molecule has 2 nitrogen and oxygen atoms in total. The molecule has 1 aromatic heterocycles. The maximum Gasteiger partial charge on any atom is 0.0763 e. The van der Waals surface area contributed by atoms with Crippen LogP contribution in [0.5, 0.6) is 0 Å². The van der Waals surface area contributed by atoms with Crippen molar-refractivity contribution in [1.82, 2.24) is 5.32 Å². The molecule has 0 aliphatic heterocycles. The molecule has 3 heteroatoms. The Morgan fingerprint density at radius 3 is 2.82 bits per heavy atom. The zero-order valence-corrected chi connectivity index (χ0v) is 11.4. The molecular formula is C14H19NOS. The summed E-state index contributed by atoms with van der Waals surface area (Å²) in [6, 6.07) is 8.91. The molecule has 17 heavy (non-hydrogen) atoms. The monoisotopic (exact) mass is 249 g/mol. The largest absolute Gasteiger partial charge is 0.379 e. The zero-order chi connectivity index (χ0) is 12.3. The van der Waals surface area contributed by atoms with Crippen LogP contribution in [0.4, 0.5) is 0 Å². The Kier molecular flexibility index (Phi) is 4.15. The first kappa shape index (κ1) is 12.6. The molecule has 0 fully saturated rings. The van der Waals surface area contributed by atoms with Crippen LogP contribution in [0.1, 0.15) is 24.9 Å². The molecule has 2 unspecified atom stereocenters. The lowest BCUT2D eigenvalue weighted by Crippen LogP contribution is -2.30. The molecule has 2 aromatic rings. The second-order valence-electron chi connectivity index (χ2n) is 4.13. The first-order valence-electron chi connectivity index (χ1n) is 5.98. The van der Waals surface area contributed by atoms with E-state index >= 15 is 0 Å². The Balaban J connectivity index is 2.45. The number of methoxy groups -OCH3 is 1. The van der Waals surface area contributed by atoms with Gasteiger partial charge < -0.3 is 10.1 Å². The lowest BCUT2D eigenvalue weighted by atomic mass is 9.98. The normalized spacial score (nSPS) is 15.0. The molecule has 0 radical (unpaired) electrons. The summed E-state index contributed by atoms with van der Waals surface area (Å²) in [6.07, 6.45) is 1.22. The molecule has 0 saturated heterocycles. The number of fused-ring (bicyclic) bond motifs is 1. The van der Waals surface area contributed by atoms with Crippen LogP contribution in [0.15, 0.2) is 29.6 Å². The Labute approximate surface area is 107 Å². The van der Waals surface area contributed by atoms with Crippen molar-refractivity contribution in [3.05, 3.63) is 35.2 Å². The highest BCUT2D eigenvalue weighted by Crippen LogP contribution is 2.31. The average molecular weight is 249 g/mol. The molecule has 2 atom stereocenters. The van der Waals surface area contributed by atoms with E-state index in [1.807, 2.05) is 7.05 Å². The zero-order valence-electron chi connectivity index (χ0n) is 10.6. The molecule has 0 aliphatic rings. The number of ether oxygens (including phenoxy) is 1. The van der Waals surface area contributed by atoms with Crippen molar-refractivity contribution in [2.24, 2.45) is 0 Å². The van der Waals surface area contributed by atoms with Gasteiger partial charge in [0.25, 0.3) is 0 Å². The van der Waals surface area contributed by atoms with Gasteiger partial charge in [0, 0.05) is 11.8 Å². The van der Waals surface area contributed by atoms with Gasteiger partial charge in [-0.05, 0) is 35.9 Å². The Morgan fingerprint density at radius 2 is 2.18 bits per heavy atom. The molecular weight excluding hydrogens is 230 g/mol. The molecule has 0 spiro atoms. The third kappa shape index (κ3) is 2.37. The summed E-state index contributed by atoms with van der Waals surface area (Å²) in [5, 5.41) is 6.85. The van der Waals surface area contributed by atoms with Gasteiger partial charge in [-0.3, -0.25) is 0 Å². The minimum absolute atomic E-state index is 0.215. The Morgan fingerprint density at radius 1 is 1.35 bits per heavy atom. The molecule has 1 heterocycles. The van der Waals surface area contributed by atoms with E-state index in [1.165, 1.54) is 15.6 Å². The maximum atomic E-state index is 5.57. The van der Waals surface area contributed by atoms with Gasteiger partial charge in [-0.1, -0.05) is 25.1 Å². The van der Waals surface area contributed by atoms with Gasteiger partial charge in [0.1, 0.15) is 0 Å². The van der Waals surface area contributed by atoms with E-state index in [4.69, 9.17) is 4.74 Å². The van der Waals surface area contributed by atoms with Gasteiger partial charge in [-0.25, -0.2) is 0 Å².